The van der Waals surface area contributed by atoms with E-state index in [2.05, 4.69) is 10.6 Å². The number of ether oxygens (including phenoxy) is 1. The summed E-state index contributed by atoms with van der Waals surface area (Å²) in [7, 11) is 1.59. The maximum atomic E-state index is 11.7. The summed E-state index contributed by atoms with van der Waals surface area (Å²) in [6.07, 6.45) is 0.505. The number of carbonyl (C=O) groups is 1. The number of amides is 1. The second kappa shape index (κ2) is 8.44. The van der Waals surface area contributed by atoms with Gasteiger partial charge < -0.3 is 20.5 Å². The summed E-state index contributed by atoms with van der Waals surface area (Å²) in [5.41, 5.74) is -0.913. The van der Waals surface area contributed by atoms with E-state index in [0.717, 1.165) is 6.54 Å². The minimum atomic E-state index is -0.913. The number of aliphatic hydroxyl groups is 1. The van der Waals surface area contributed by atoms with Gasteiger partial charge in [-0.1, -0.05) is 13.8 Å². The monoisotopic (exact) mass is 246 g/mol. The van der Waals surface area contributed by atoms with Crippen LogP contribution in [0.4, 0.5) is 0 Å². The Morgan fingerprint density at radius 2 is 2.18 bits per heavy atom. The minimum absolute atomic E-state index is 0.0383. The van der Waals surface area contributed by atoms with Crippen LogP contribution in [0.1, 0.15) is 27.2 Å². The Kier molecular flexibility index (Phi) is 8.12. The molecule has 0 aliphatic heterocycles. The van der Waals surface area contributed by atoms with Crippen LogP contribution in [0.3, 0.4) is 0 Å². The van der Waals surface area contributed by atoms with Crippen molar-refractivity contribution < 1.29 is 14.6 Å². The number of carbonyl (C=O) groups excluding carboxylic acids is 1. The van der Waals surface area contributed by atoms with Crippen LogP contribution in [0, 0.1) is 5.92 Å². The molecule has 0 saturated heterocycles. The van der Waals surface area contributed by atoms with E-state index in [1.807, 2.05) is 13.8 Å². The standard InChI is InChI=1S/C12H26N2O3/c1-5-13-8-10(2)11(15)14-9-12(3,16)6-7-17-4/h10,13,16H,5-9H2,1-4H3,(H,14,15). The van der Waals surface area contributed by atoms with Crippen LogP contribution in [0.15, 0.2) is 0 Å². The molecule has 0 aliphatic carbocycles. The third-order valence-corrected chi connectivity index (χ3v) is 2.64. The zero-order valence-corrected chi connectivity index (χ0v) is 11.4. The molecular weight excluding hydrogens is 220 g/mol. The molecule has 0 aromatic rings. The van der Waals surface area contributed by atoms with Gasteiger partial charge in [0.15, 0.2) is 0 Å². The molecule has 2 unspecified atom stereocenters. The summed E-state index contributed by atoms with van der Waals surface area (Å²) in [6.45, 7) is 7.80. The molecule has 0 aromatic heterocycles. The first-order valence-electron chi connectivity index (χ1n) is 6.12. The van der Waals surface area contributed by atoms with Gasteiger partial charge in [0, 0.05) is 39.1 Å². The first-order chi connectivity index (χ1) is 7.93. The van der Waals surface area contributed by atoms with E-state index < -0.39 is 5.60 Å². The van der Waals surface area contributed by atoms with Crippen LogP contribution >= 0.6 is 0 Å². The Bertz CT molecular complexity index is 220. The van der Waals surface area contributed by atoms with Crippen molar-refractivity contribution in [3.63, 3.8) is 0 Å². The first kappa shape index (κ1) is 16.4. The van der Waals surface area contributed by atoms with Crippen LogP contribution in [0.2, 0.25) is 0 Å². The van der Waals surface area contributed by atoms with E-state index in [-0.39, 0.29) is 18.4 Å². The Balaban J connectivity index is 3.88. The van der Waals surface area contributed by atoms with Crippen molar-refractivity contribution in [1.82, 2.24) is 10.6 Å². The Morgan fingerprint density at radius 1 is 1.53 bits per heavy atom. The largest absolute Gasteiger partial charge is 0.388 e. The van der Waals surface area contributed by atoms with Crippen molar-refractivity contribution >= 4 is 5.91 Å². The Hall–Kier alpha value is -0.650. The van der Waals surface area contributed by atoms with Crippen LogP contribution in [0.25, 0.3) is 0 Å². The van der Waals surface area contributed by atoms with Gasteiger partial charge in [0.05, 0.1) is 5.60 Å². The molecule has 5 heteroatoms. The molecular formula is C12H26N2O3. The summed E-state index contributed by atoms with van der Waals surface area (Å²) >= 11 is 0. The second-order valence-electron chi connectivity index (χ2n) is 4.67. The normalized spacial score (nSPS) is 16.3. The summed E-state index contributed by atoms with van der Waals surface area (Å²) in [5, 5.41) is 15.8. The van der Waals surface area contributed by atoms with Crippen LogP contribution < -0.4 is 10.6 Å². The lowest BCUT2D eigenvalue weighted by Gasteiger charge is -2.24. The molecule has 0 bridgehead atoms. The maximum absolute atomic E-state index is 11.7. The fourth-order valence-electron chi connectivity index (χ4n) is 1.32. The molecule has 102 valence electrons. The molecule has 0 spiro atoms. The van der Waals surface area contributed by atoms with E-state index in [1.165, 1.54) is 0 Å². The second-order valence-corrected chi connectivity index (χ2v) is 4.67. The van der Waals surface area contributed by atoms with Gasteiger partial charge in [-0.2, -0.15) is 0 Å². The summed E-state index contributed by atoms with van der Waals surface area (Å²) in [5.74, 6) is -0.128. The highest BCUT2D eigenvalue weighted by Gasteiger charge is 2.22. The molecule has 2 atom stereocenters. The lowest BCUT2D eigenvalue weighted by molar-refractivity contribution is -0.125. The third kappa shape index (κ3) is 8.12. The molecule has 0 rings (SSSR count). The predicted octanol–water partition coefficient (Wildman–Crippen LogP) is 0.136. The summed E-state index contributed by atoms with van der Waals surface area (Å²) < 4.78 is 4.90. The lowest BCUT2D eigenvalue weighted by Crippen LogP contribution is -2.44. The van der Waals surface area contributed by atoms with E-state index >= 15 is 0 Å². The average molecular weight is 246 g/mol. The highest BCUT2D eigenvalue weighted by molar-refractivity contribution is 5.78. The molecule has 0 fully saturated rings. The Morgan fingerprint density at radius 3 is 2.71 bits per heavy atom. The van der Waals surface area contributed by atoms with Crippen molar-refractivity contribution in [2.75, 3.05) is 33.4 Å². The van der Waals surface area contributed by atoms with Gasteiger partial charge in [0.25, 0.3) is 0 Å². The van der Waals surface area contributed by atoms with Crippen LogP contribution in [-0.4, -0.2) is 50.0 Å². The molecule has 0 saturated carbocycles. The third-order valence-electron chi connectivity index (χ3n) is 2.64. The van der Waals surface area contributed by atoms with Gasteiger partial charge >= 0.3 is 0 Å². The smallest absolute Gasteiger partial charge is 0.224 e. The zero-order valence-electron chi connectivity index (χ0n) is 11.4. The molecule has 0 aliphatic rings. The molecule has 0 radical (unpaired) electrons. The molecule has 17 heavy (non-hydrogen) atoms. The summed E-state index contributed by atoms with van der Waals surface area (Å²) in [4.78, 5) is 11.7. The van der Waals surface area contributed by atoms with Gasteiger partial charge in [0.1, 0.15) is 0 Å². The first-order valence-corrected chi connectivity index (χ1v) is 6.12. The van der Waals surface area contributed by atoms with Gasteiger partial charge in [-0.05, 0) is 13.5 Å². The van der Waals surface area contributed by atoms with Crippen LogP contribution in [-0.2, 0) is 9.53 Å². The highest BCUT2D eigenvalue weighted by atomic mass is 16.5. The molecule has 3 N–H and O–H groups in total. The fourth-order valence-corrected chi connectivity index (χ4v) is 1.32. The Labute approximate surface area is 104 Å². The maximum Gasteiger partial charge on any atom is 0.224 e. The van der Waals surface area contributed by atoms with E-state index in [0.29, 0.717) is 19.6 Å². The minimum Gasteiger partial charge on any atom is -0.388 e. The number of rotatable bonds is 9. The summed E-state index contributed by atoms with van der Waals surface area (Å²) in [6, 6.07) is 0. The van der Waals surface area contributed by atoms with Crippen molar-refractivity contribution in [3.8, 4) is 0 Å². The van der Waals surface area contributed by atoms with Gasteiger partial charge in [-0.3, -0.25) is 4.79 Å². The number of methoxy groups -OCH3 is 1. The fraction of sp³-hybridized carbons (Fsp3) is 0.917. The lowest BCUT2D eigenvalue weighted by atomic mass is 10.0. The molecule has 0 aromatic carbocycles. The molecule has 0 heterocycles. The predicted molar refractivity (Wildman–Crippen MR) is 67.8 cm³/mol. The number of hydrogen-bond donors (Lipinski definition) is 3. The zero-order chi connectivity index (χ0) is 13.3. The van der Waals surface area contributed by atoms with Crippen molar-refractivity contribution in [2.24, 2.45) is 5.92 Å². The topological polar surface area (TPSA) is 70.6 Å². The number of nitrogens with one attached hydrogen (secondary N) is 2. The van der Waals surface area contributed by atoms with Crippen LogP contribution in [0.5, 0.6) is 0 Å². The van der Waals surface area contributed by atoms with E-state index in [9.17, 15) is 9.90 Å². The quantitative estimate of drug-likeness (QED) is 0.541. The van der Waals surface area contributed by atoms with Crippen molar-refractivity contribution in [3.05, 3.63) is 0 Å². The van der Waals surface area contributed by atoms with Gasteiger partial charge in [-0.15, -0.1) is 0 Å². The van der Waals surface area contributed by atoms with Gasteiger partial charge in [0.2, 0.25) is 5.91 Å². The van der Waals surface area contributed by atoms with Crippen molar-refractivity contribution in [1.29, 1.82) is 0 Å². The van der Waals surface area contributed by atoms with E-state index in [1.54, 1.807) is 14.0 Å². The number of hydrogen-bond acceptors (Lipinski definition) is 4. The highest BCUT2D eigenvalue weighted by Crippen LogP contribution is 2.07. The van der Waals surface area contributed by atoms with E-state index in [4.69, 9.17) is 4.74 Å². The SMILES string of the molecule is CCNCC(C)C(=O)NCC(C)(O)CCOC. The van der Waals surface area contributed by atoms with Crippen molar-refractivity contribution in [2.45, 2.75) is 32.8 Å². The van der Waals surface area contributed by atoms with Gasteiger partial charge in [-0.25, -0.2) is 0 Å². The molecule has 5 nitrogen and oxygen atoms in total. The molecule has 1 amide bonds. The average Bonchev–Trinajstić information content (AvgIpc) is 2.30.